The third-order valence-electron chi connectivity index (χ3n) is 3.70. The molecule has 3 aromatic rings. The summed E-state index contributed by atoms with van der Waals surface area (Å²) in [5.41, 5.74) is 1.96. The van der Waals surface area contributed by atoms with Gasteiger partial charge >= 0.3 is 0 Å². The molecule has 0 aliphatic carbocycles. The van der Waals surface area contributed by atoms with Gasteiger partial charge in [0.25, 0.3) is 0 Å². The average molecular weight is 339 g/mol. The summed E-state index contributed by atoms with van der Waals surface area (Å²) in [5, 5.41) is 2.99. The SMILES string of the molecule is c1ccc(OCc2nc(-c3ccc4c(c3)OCCCO4)cs2)cc1. The number of hydrogen-bond acceptors (Lipinski definition) is 5. The molecule has 1 aliphatic heterocycles. The number of nitrogens with zero attached hydrogens (tertiary/aromatic N) is 1. The lowest BCUT2D eigenvalue weighted by molar-refractivity contribution is 0.297. The summed E-state index contributed by atoms with van der Waals surface area (Å²) in [5.74, 6) is 2.45. The number of aromatic nitrogens is 1. The second-order valence-corrected chi connectivity index (χ2v) is 6.38. The van der Waals surface area contributed by atoms with Crippen LogP contribution in [0.1, 0.15) is 11.4 Å². The van der Waals surface area contributed by atoms with Gasteiger partial charge in [0.2, 0.25) is 0 Å². The molecule has 4 nitrogen and oxygen atoms in total. The minimum atomic E-state index is 0.471. The molecule has 1 aliphatic rings. The van der Waals surface area contributed by atoms with Crippen LogP contribution in [0, 0.1) is 0 Å². The molecule has 0 fully saturated rings. The van der Waals surface area contributed by atoms with E-state index >= 15 is 0 Å². The normalized spacial score (nSPS) is 13.3. The van der Waals surface area contributed by atoms with Crippen LogP contribution in [0.15, 0.2) is 53.9 Å². The highest BCUT2D eigenvalue weighted by molar-refractivity contribution is 7.09. The van der Waals surface area contributed by atoms with Crippen LogP contribution in [-0.2, 0) is 6.61 Å². The van der Waals surface area contributed by atoms with E-state index in [0.29, 0.717) is 19.8 Å². The summed E-state index contributed by atoms with van der Waals surface area (Å²) >= 11 is 1.60. The van der Waals surface area contributed by atoms with Gasteiger partial charge in [-0.3, -0.25) is 0 Å². The van der Waals surface area contributed by atoms with E-state index in [0.717, 1.165) is 39.9 Å². The van der Waals surface area contributed by atoms with Crippen molar-refractivity contribution in [2.75, 3.05) is 13.2 Å². The van der Waals surface area contributed by atoms with E-state index in [9.17, 15) is 0 Å². The molecule has 0 radical (unpaired) electrons. The van der Waals surface area contributed by atoms with Crippen molar-refractivity contribution in [2.24, 2.45) is 0 Å². The van der Waals surface area contributed by atoms with Crippen LogP contribution in [0.25, 0.3) is 11.3 Å². The van der Waals surface area contributed by atoms with Crippen LogP contribution in [0.3, 0.4) is 0 Å². The summed E-state index contributed by atoms with van der Waals surface area (Å²) in [4.78, 5) is 4.67. The van der Waals surface area contributed by atoms with Gasteiger partial charge in [0.15, 0.2) is 11.5 Å². The first-order chi connectivity index (χ1) is 11.9. The lowest BCUT2D eigenvalue weighted by atomic mass is 10.1. The molecule has 2 heterocycles. The van der Waals surface area contributed by atoms with Crippen LogP contribution in [0.4, 0.5) is 0 Å². The molecule has 0 saturated carbocycles. The minimum absolute atomic E-state index is 0.471. The number of para-hydroxylation sites is 1. The van der Waals surface area contributed by atoms with Gasteiger partial charge in [0, 0.05) is 17.4 Å². The molecular formula is C19H17NO3S. The number of ether oxygens (including phenoxy) is 3. The first-order valence-electron chi connectivity index (χ1n) is 7.91. The Bertz CT molecular complexity index is 816. The van der Waals surface area contributed by atoms with Crippen molar-refractivity contribution in [2.45, 2.75) is 13.0 Å². The van der Waals surface area contributed by atoms with Crippen molar-refractivity contribution in [3.8, 4) is 28.5 Å². The molecule has 0 saturated heterocycles. The fourth-order valence-electron chi connectivity index (χ4n) is 2.49. The zero-order valence-electron chi connectivity index (χ0n) is 13.1. The summed E-state index contributed by atoms with van der Waals surface area (Å²) in [6.07, 6.45) is 0.904. The highest BCUT2D eigenvalue weighted by atomic mass is 32.1. The second kappa shape index (κ2) is 6.93. The molecule has 1 aromatic heterocycles. The Kier molecular flexibility index (Phi) is 4.34. The maximum atomic E-state index is 5.75. The van der Waals surface area contributed by atoms with E-state index in [1.807, 2.05) is 53.9 Å². The van der Waals surface area contributed by atoms with Gasteiger partial charge in [0.05, 0.1) is 18.9 Å². The molecule has 2 aromatic carbocycles. The van der Waals surface area contributed by atoms with Crippen molar-refractivity contribution in [1.29, 1.82) is 0 Å². The number of rotatable bonds is 4. The fourth-order valence-corrected chi connectivity index (χ4v) is 3.21. The summed E-state index contributed by atoms with van der Waals surface area (Å²) in [6, 6.07) is 15.7. The Morgan fingerprint density at radius 1 is 1.00 bits per heavy atom. The predicted molar refractivity (Wildman–Crippen MR) is 93.9 cm³/mol. The zero-order chi connectivity index (χ0) is 16.2. The lowest BCUT2D eigenvalue weighted by Gasteiger charge is -2.08. The standard InChI is InChI=1S/C19H17NO3S/c1-2-5-15(6-3-1)23-12-19-20-16(13-24-19)14-7-8-17-18(11-14)22-10-4-9-21-17/h1-3,5-8,11,13H,4,9-10,12H2. The van der Waals surface area contributed by atoms with Gasteiger partial charge in [-0.05, 0) is 30.3 Å². The number of benzene rings is 2. The van der Waals surface area contributed by atoms with E-state index in [2.05, 4.69) is 4.98 Å². The molecule has 0 N–H and O–H groups in total. The smallest absolute Gasteiger partial charge is 0.161 e. The van der Waals surface area contributed by atoms with Crippen LogP contribution < -0.4 is 14.2 Å². The molecule has 24 heavy (non-hydrogen) atoms. The third-order valence-corrected chi connectivity index (χ3v) is 4.52. The first-order valence-corrected chi connectivity index (χ1v) is 8.79. The molecule has 4 rings (SSSR count). The van der Waals surface area contributed by atoms with Gasteiger partial charge in [-0.2, -0.15) is 0 Å². The Hall–Kier alpha value is -2.53. The topological polar surface area (TPSA) is 40.6 Å². The maximum Gasteiger partial charge on any atom is 0.161 e. The third kappa shape index (κ3) is 3.36. The van der Waals surface area contributed by atoms with Gasteiger partial charge in [-0.15, -0.1) is 11.3 Å². The number of hydrogen-bond donors (Lipinski definition) is 0. The van der Waals surface area contributed by atoms with Crippen LogP contribution >= 0.6 is 11.3 Å². The molecule has 5 heteroatoms. The zero-order valence-corrected chi connectivity index (χ0v) is 13.9. The van der Waals surface area contributed by atoms with E-state index in [1.54, 1.807) is 11.3 Å². The van der Waals surface area contributed by atoms with Gasteiger partial charge in [-0.1, -0.05) is 18.2 Å². The van der Waals surface area contributed by atoms with E-state index in [-0.39, 0.29) is 0 Å². The monoisotopic (exact) mass is 339 g/mol. The van der Waals surface area contributed by atoms with Crippen molar-refractivity contribution < 1.29 is 14.2 Å². The summed E-state index contributed by atoms with van der Waals surface area (Å²) in [6.45, 7) is 1.85. The van der Waals surface area contributed by atoms with E-state index in [4.69, 9.17) is 14.2 Å². The first kappa shape index (κ1) is 15.0. The fraction of sp³-hybridized carbons (Fsp3) is 0.211. The average Bonchev–Trinajstić information content (AvgIpc) is 2.98. The quantitative estimate of drug-likeness (QED) is 0.699. The Balaban J connectivity index is 1.49. The molecule has 0 unspecified atom stereocenters. The minimum Gasteiger partial charge on any atom is -0.490 e. The van der Waals surface area contributed by atoms with Gasteiger partial charge in [0.1, 0.15) is 17.4 Å². The summed E-state index contributed by atoms with van der Waals surface area (Å²) in [7, 11) is 0. The van der Waals surface area contributed by atoms with Crippen LogP contribution in [0.5, 0.6) is 17.2 Å². The second-order valence-electron chi connectivity index (χ2n) is 5.44. The van der Waals surface area contributed by atoms with Crippen molar-refractivity contribution in [3.05, 3.63) is 58.9 Å². The van der Waals surface area contributed by atoms with E-state index < -0.39 is 0 Å². The number of fused-ring (bicyclic) bond motifs is 1. The molecule has 0 amide bonds. The Morgan fingerprint density at radius 2 is 1.83 bits per heavy atom. The molecule has 122 valence electrons. The number of thiazole rings is 1. The highest BCUT2D eigenvalue weighted by Crippen LogP contribution is 2.34. The van der Waals surface area contributed by atoms with Gasteiger partial charge in [-0.25, -0.2) is 4.98 Å². The lowest BCUT2D eigenvalue weighted by Crippen LogP contribution is -1.97. The Morgan fingerprint density at radius 3 is 2.71 bits per heavy atom. The maximum absolute atomic E-state index is 5.75. The largest absolute Gasteiger partial charge is 0.490 e. The van der Waals surface area contributed by atoms with Crippen molar-refractivity contribution in [1.82, 2.24) is 4.98 Å². The molecule has 0 bridgehead atoms. The van der Waals surface area contributed by atoms with Gasteiger partial charge < -0.3 is 14.2 Å². The Labute approximate surface area is 144 Å². The van der Waals surface area contributed by atoms with Crippen molar-refractivity contribution >= 4 is 11.3 Å². The summed E-state index contributed by atoms with van der Waals surface area (Å²) < 4.78 is 17.2. The van der Waals surface area contributed by atoms with Crippen LogP contribution in [0.2, 0.25) is 0 Å². The van der Waals surface area contributed by atoms with E-state index in [1.165, 1.54) is 0 Å². The molecule has 0 atom stereocenters. The van der Waals surface area contributed by atoms with Crippen molar-refractivity contribution in [3.63, 3.8) is 0 Å². The highest BCUT2D eigenvalue weighted by Gasteiger charge is 2.13. The molecular weight excluding hydrogens is 322 g/mol. The van der Waals surface area contributed by atoms with Crippen LogP contribution in [-0.4, -0.2) is 18.2 Å². The predicted octanol–water partition coefficient (Wildman–Crippen LogP) is 4.55. The molecule has 0 spiro atoms.